The molecule has 1 rings (SSSR count). The van der Waals surface area contributed by atoms with Gasteiger partial charge in [0.1, 0.15) is 11.5 Å². The average Bonchev–Trinajstić information content (AvgIpc) is 2.47. The molecular formula is C15H21NO5. The number of carbonyl (C=O) groups is 2. The number of hydrogen-bond acceptors (Lipinski definition) is 4. The summed E-state index contributed by atoms with van der Waals surface area (Å²) in [7, 11) is 3.03. The van der Waals surface area contributed by atoms with E-state index >= 15 is 0 Å². The Morgan fingerprint density at radius 1 is 1.19 bits per heavy atom. The third kappa shape index (κ3) is 4.66. The predicted molar refractivity (Wildman–Crippen MR) is 79.1 cm³/mol. The van der Waals surface area contributed by atoms with E-state index in [1.54, 1.807) is 18.2 Å². The molecule has 0 aliphatic carbocycles. The van der Waals surface area contributed by atoms with Crippen molar-refractivity contribution in [2.24, 2.45) is 0 Å². The van der Waals surface area contributed by atoms with Crippen molar-refractivity contribution in [3.63, 3.8) is 0 Å². The Hall–Kier alpha value is -2.24. The average molecular weight is 295 g/mol. The van der Waals surface area contributed by atoms with Gasteiger partial charge in [0.2, 0.25) is 5.91 Å². The first kappa shape index (κ1) is 16.8. The molecule has 116 valence electrons. The molecule has 0 heterocycles. The molecule has 0 spiro atoms. The molecule has 0 saturated carbocycles. The fraction of sp³-hybridized carbons (Fsp3) is 0.467. The van der Waals surface area contributed by atoms with Gasteiger partial charge in [-0.2, -0.15) is 0 Å². The number of aliphatic carboxylic acids is 1. The Morgan fingerprint density at radius 3 is 2.43 bits per heavy atom. The number of nitrogens with zero attached hydrogens (tertiary/aromatic N) is 1. The number of hydrogen-bond donors (Lipinski definition) is 1. The number of carbonyl (C=O) groups excluding carboxylic acids is 1. The quantitative estimate of drug-likeness (QED) is 0.796. The fourth-order valence-corrected chi connectivity index (χ4v) is 1.94. The first-order chi connectivity index (χ1) is 10.0. The van der Waals surface area contributed by atoms with Gasteiger partial charge in [0.05, 0.1) is 26.3 Å². The maximum atomic E-state index is 12.3. The molecule has 6 nitrogen and oxygen atoms in total. The Balaban J connectivity index is 3.16. The highest BCUT2D eigenvalue weighted by atomic mass is 16.5. The molecule has 0 atom stereocenters. The highest BCUT2D eigenvalue weighted by Gasteiger charge is 2.20. The monoisotopic (exact) mass is 295 g/mol. The number of carboxylic acid groups (broad SMARTS) is 1. The summed E-state index contributed by atoms with van der Waals surface area (Å²) >= 11 is 0. The van der Waals surface area contributed by atoms with Crippen molar-refractivity contribution < 1.29 is 24.2 Å². The van der Waals surface area contributed by atoms with Crippen molar-refractivity contribution in [3.05, 3.63) is 18.2 Å². The van der Waals surface area contributed by atoms with Crippen LogP contribution in [0.25, 0.3) is 0 Å². The Kier molecular flexibility index (Phi) is 6.52. The van der Waals surface area contributed by atoms with E-state index in [1.807, 2.05) is 6.92 Å². The van der Waals surface area contributed by atoms with Crippen LogP contribution in [0.4, 0.5) is 5.69 Å². The molecule has 1 aromatic carbocycles. The number of rotatable bonds is 8. The first-order valence-electron chi connectivity index (χ1n) is 6.77. The topological polar surface area (TPSA) is 76.1 Å². The van der Waals surface area contributed by atoms with Gasteiger partial charge in [0.15, 0.2) is 0 Å². The Bertz CT molecular complexity index is 501. The van der Waals surface area contributed by atoms with Crippen LogP contribution in [0.2, 0.25) is 0 Å². The summed E-state index contributed by atoms with van der Waals surface area (Å²) in [5, 5.41) is 8.85. The van der Waals surface area contributed by atoms with Crippen LogP contribution in [0, 0.1) is 0 Å². The van der Waals surface area contributed by atoms with Gasteiger partial charge in [0.25, 0.3) is 0 Å². The minimum atomic E-state index is -0.953. The molecule has 1 aromatic rings. The summed E-state index contributed by atoms with van der Waals surface area (Å²) in [6.07, 6.45) is 0.907. The standard InChI is InChI=1S/C15H21NO5/c1-4-5-14(17)16(9-8-15(18)19)12-10-11(20-2)6-7-13(12)21-3/h6-7,10H,4-5,8-9H2,1-3H3,(H,18,19). The predicted octanol–water partition coefficient (Wildman–Crippen LogP) is 2.31. The number of benzene rings is 1. The molecule has 0 aromatic heterocycles. The second-order valence-corrected chi connectivity index (χ2v) is 4.48. The third-order valence-electron chi connectivity index (χ3n) is 2.99. The summed E-state index contributed by atoms with van der Waals surface area (Å²) in [5.74, 6) is -0.00229. The van der Waals surface area contributed by atoms with Gasteiger partial charge in [-0.15, -0.1) is 0 Å². The zero-order valence-electron chi connectivity index (χ0n) is 12.6. The fourth-order valence-electron chi connectivity index (χ4n) is 1.94. The molecule has 21 heavy (non-hydrogen) atoms. The van der Waals surface area contributed by atoms with Gasteiger partial charge in [-0.1, -0.05) is 6.92 Å². The van der Waals surface area contributed by atoms with Crippen LogP contribution in [0.5, 0.6) is 11.5 Å². The van der Waals surface area contributed by atoms with Crippen molar-refractivity contribution in [2.75, 3.05) is 25.7 Å². The summed E-state index contributed by atoms with van der Waals surface area (Å²) in [6, 6.07) is 5.09. The lowest BCUT2D eigenvalue weighted by molar-refractivity contribution is -0.136. The summed E-state index contributed by atoms with van der Waals surface area (Å²) in [4.78, 5) is 24.5. The molecule has 0 unspecified atom stereocenters. The van der Waals surface area contributed by atoms with E-state index in [-0.39, 0.29) is 18.9 Å². The number of carboxylic acids is 1. The molecule has 0 saturated heterocycles. The van der Waals surface area contributed by atoms with Crippen molar-refractivity contribution in [2.45, 2.75) is 26.2 Å². The van der Waals surface area contributed by atoms with Gasteiger partial charge in [-0.3, -0.25) is 9.59 Å². The number of methoxy groups -OCH3 is 2. The van der Waals surface area contributed by atoms with Gasteiger partial charge in [-0.05, 0) is 18.6 Å². The zero-order chi connectivity index (χ0) is 15.8. The minimum Gasteiger partial charge on any atom is -0.497 e. The van der Waals surface area contributed by atoms with E-state index in [1.165, 1.54) is 19.1 Å². The third-order valence-corrected chi connectivity index (χ3v) is 2.99. The molecule has 0 aliphatic heterocycles. The normalized spacial score (nSPS) is 10.0. The molecule has 0 bridgehead atoms. The molecule has 0 radical (unpaired) electrons. The lowest BCUT2D eigenvalue weighted by Gasteiger charge is -2.24. The maximum Gasteiger partial charge on any atom is 0.305 e. The Labute approximate surface area is 124 Å². The van der Waals surface area contributed by atoms with Crippen molar-refractivity contribution in [1.29, 1.82) is 0 Å². The van der Waals surface area contributed by atoms with Gasteiger partial charge in [0, 0.05) is 19.0 Å². The summed E-state index contributed by atoms with van der Waals surface area (Å²) < 4.78 is 10.4. The number of amides is 1. The molecule has 1 N–H and O–H groups in total. The number of anilines is 1. The zero-order valence-corrected chi connectivity index (χ0v) is 12.6. The molecule has 0 aliphatic rings. The van der Waals surface area contributed by atoms with Crippen LogP contribution in [0.1, 0.15) is 26.2 Å². The lowest BCUT2D eigenvalue weighted by atomic mass is 10.2. The minimum absolute atomic E-state index is 0.0949. The van der Waals surface area contributed by atoms with Crippen LogP contribution < -0.4 is 14.4 Å². The van der Waals surface area contributed by atoms with E-state index in [4.69, 9.17) is 14.6 Å². The van der Waals surface area contributed by atoms with Crippen LogP contribution in [0.15, 0.2) is 18.2 Å². The largest absolute Gasteiger partial charge is 0.497 e. The van der Waals surface area contributed by atoms with Crippen LogP contribution in [-0.2, 0) is 9.59 Å². The summed E-state index contributed by atoms with van der Waals surface area (Å²) in [6.45, 7) is 1.99. The van der Waals surface area contributed by atoms with Crippen molar-refractivity contribution in [1.82, 2.24) is 0 Å². The molecule has 6 heteroatoms. The maximum absolute atomic E-state index is 12.3. The van der Waals surface area contributed by atoms with Crippen LogP contribution >= 0.6 is 0 Å². The van der Waals surface area contributed by atoms with Gasteiger partial charge >= 0.3 is 5.97 Å². The second-order valence-electron chi connectivity index (χ2n) is 4.48. The van der Waals surface area contributed by atoms with E-state index in [2.05, 4.69) is 0 Å². The second kappa shape index (κ2) is 8.14. The number of ether oxygens (including phenoxy) is 2. The van der Waals surface area contributed by atoms with E-state index in [0.29, 0.717) is 30.0 Å². The first-order valence-corrected chi connectivity index (χ1v) is 6.77. The van der Waals surface area contributed by atoms with E-state index in [0.717, 1.165) is 0 Å². The molecule has 0 fully saturated rings. The SMILES string of the molecule is CCCC(=O)N(CCC(=O)O)c1cc(OC)ccc1OC. The lowest BCUT2D eigenvalue weighted by Crippen LogP contribution is -2.33. The smallest absolute Gasteiger partial charge is 0.305 e. The van der Waals surface area contributed by atoms with Gasteiger partial charge in [-0.25, -0.2) is 0 Å². The van der Waals surface area contributed by atoms with Crippen LogP contribution in [0.3, 0.4) is 0 Å². The van der Waals surface area contributed by atoms with Crippen molar-refractivity contribution >= 4 is 17.6 Å². The van der Waals surface area contributed by atoms with Crippen LogP contribution in [-0.4, -0.2) is 37.7 Å². The summed E-state index contributed by atoms with van der Waals surface area (Å²) in [5.41, 5.74) is 0.525. The molecular weight excluding hydrogens is 274 g/mol. The van der Waals surface area contributed by atoms with E-state index < -0.39 is 5.97 Å². The van der Waals surface area contributed by atoms with Gasteiger partial charge < -0.3 is 19.5 Å². The molecule has 1 amide bonds. The highest BCUT2D eigenvalue weighted by Crippen LogP contribution is 2.33. The van der Waals surface area contributed by atoms with Crippen molar-refractivity contribution in [3.8, 4) is 11.5 Å². The highest BCUT2D eigenvalue weighted by molar-refractivity contribution is 5.95. The van der Waals surface area contributed by atoms with E-state index in [9.17, 15) is 9.59 Å². The Morgan fingerprint density at radius 2 is 1.90 bits per heavy atom.